The van der Waals surface area contributed by atoms with Gasteiger partial charge >= 0.3 is 5.97 Å². The number of benzene rings is 1. The molecule has 2 heteroatoms. The second-order valence-electron chi connectivity index (χ2n) is 3.64. The third-order valence-corrected chi connectivity index (χ3v) is 2.38. The van der Waals surface area contributed by atoms with Crippen LogP contribution in [-0.4, -0.2) is 12.6 Å². The summed E-state index contributed by atoms with van der Waals surface area (Å²) in [6.45, 7) is 6.30. The molecule has 1 aromatic rings. The zero-order valence-electron chi connectivity index (χ0n) is 10.1. The average Bonchev–Trinajstić information content (AvgIpc) is 2.27. The Morgan fingerprint density at radius 2 is 1.88 bits per heavy atom. The Bertz CT molecular complexity index is 374. The Balaban J connectivity index is 2.89. The first kappa shape index (κ1) is 12.5. The zero-order valence-corrected chi connectivity index (χ0v) is 10.1. The maximum atomic E-state index is 11.4. The first-order valence-corrected chi connectivity index (χ1v) is 5.61. The highest BCUT2D eigenvalue weighted by molar-refractivity contribution is 5.91. The maximum absolute atomic E-state index is 11.4. The summed E-state index contributed by atoms with van der Waals surface area (Å²) in [4.78, 5) is 11.4. The highest BCUT2D eigenvalue weighted by Gasteiger charge is 2.03. The monoisotopic (exact) mass is 218 g/mol. The minimum absolute atomic E-state index is 0.264. The fourth-order valence-corrected chi connectivity index (χ4v) is 1.48. The van der Waals surface area contributed by atoms with Crippen LogP contribution >= 0.6 is 0 Å². The fraction of sp³-hybridized carbons (Fsp3) is 0.357. The van der Waals surface area contributed by atoms with Crippen LogP contribution in [0.2, 0.25) is 0 Å². The molecule has 0 atom stereocenters. The lowest BCUT2D eigenvalue weighted by molar-refractivity contribution is -0.137. The smallest absolute Gasteiger partial charge is 0.331 e. The van der Waals surface area contributed by atoms with Crippen molar-refractivity contribution in [2.24, 2.45) is 0 Å². The largest absolute Gasteiger partial charge is 0.463 e. The van der Waals surface area contributed by atoms with Crippen LogP contribution in [0.15, 0.2) is 30.3 Å². The highest BCUT2D eigenvalue weighted by atomic mass is 16.5. The fourth-order valence-electron chi connectivity index (χ4n) is 1.48. The molecule has 0 aliphatic carbocycles. The van der Waals surface area contributed by atoms with Crippen molar-refractivity contribution in [2.75, 3.05) is 6.61 Å². The van der Waals surface area contributed by atoms with Crippen molar-refractivity contribution in [1.29, 1.82) is 0 Å². The van der Waals surface area contributed by atoms with Crippen LogP contribution in [0, 0.1) is 6.92 Å². The normalized spacial score (nSPS) is 11.3. The molecular weight excluding hydrogens is 200 g/mol. The first-order chi connectivity index (χ1) is 7.67. The van der Waals surface area contributed by atoms with E-state index < -0.39 is 0 Å². The minimum Gasteiger partial charge on any atom is -0.463 e. The lowest BCUT2D eigenvalue weighted by Gasteiger charge is -2.05. The molecule has 0 radical (unpaired) electrons. The predicted molar refractivity (Wildman–Crippen MR) is 66.1 cm³/mol. The van der Waals surface area contributed by atoms with Crippen LogP contribution < -0.4 is 0 Å². The summed E-state index contributed by atoms with van der Waals surface area (Å²) in [6.07, 6.45) is 2.40. The Kier molecular flexibility index (Phi) is 4.77. The number of hydrogen-bond donors (Lipinski definition) is 0. The summed E-state index contributed by atoms with van der Waals surface area (Å²) in [5.41, 5.74) is 3.31. The number of allylic oxidation sites excluding steroid dienone is 1. The van der Waals surface area contributed by atoms with Gasteiger partial charge in [-0.1, -0.05) is 36.8 Å². The summed E-state index contributed by atoms with van der Waals surface area (Å²) in [5, 5.41) is 0. The first-order valence-electron chi connectivity index (χ1n) is 5.61. The van der Waals surface area contributed by atoms with E-state index in [1.807, 2.05) is 45.0 Å². The molecule has 0 fully saturated rings. The number of aryl methyl sites for hydroxylation is 1. The van der Waals surface area contributed by atoms with Crippen molar-refractivity contribution in [3.8, 4) is 0 Å². The summed E-state index contributed by atoms with van der Waals surface area (Å²) < 4.78 is 4.90. The van der Waals surface area contributed by atoms with Gasteiger partial charge in [0.05, 0.1) is 6.61 Å². The van der Waals surface area contributed by atoms with Gasteiger partial charge < -0.3 is 4.74 Å². The van der Waals surface area contributed by atoms with Crippen molar-refractivity contribution in [2.45, 2.75) is 27.2 Å². The van der Waals surface area contributed by atoms with Crippen molar-refractivity contribution < 1.29 is 9.53 Å². The van der Waals surface area contributed by atoms with E-state index in [2.05, 4.69) is 0 Å². The third-order valence-electron chi connectivity index (χ3n) is 2.38. The number of esters is 1. The molecule has 1 rings (SSSR count). The van der Waals surface area contributed by atoms with E-state index in [9.17, 15) is 4.79 Å². The molecule has 0 saturated heterocycles. The molecule has 1 aromatic carbocycles. The molecule has 0 heterocycles. The SMILES string of the molecule is CCOC(=O)C=C(CC)c1ccc(C)cc1. The molecule has 0 aliphatic rings. The summed E-state index contributed by atoms with van der Waals surface area (Å²) >= 11 is 0. The third kappa shape index (κ3) is 3.54. The van der Waals surface area contributed by atoms with E-state index in [0.717, 1.165) is 17.6 Å². The van der Waals surface area contributed by atoms with Gasteiger partial charge in [-0.05, 0) is 31.4 Å². The Hall–Kier alpha value is -1.57. The van der Waals surface area contributed by atoms with Gasteiger partial charge in [0.1, 0.15) is 0 Å². The van der Waals surface area contributed by atoms with Crippen LogP contribution in [0.3, 0.4) is 0 Å². The van der Waals surface area contributed by atoms with Crippen molar-refractivity contribution >= 4 is 11.5 Å². The van der Waals surface area contributed by atoms with Gasteiger partial charge in [0.15, 0.2) is 0 Å². The molecule has 0 saturated carbocycles. The van der Waals surface area contributed by atoms with Gasteiger partial charge in [-0.2, -0.15) is 0 Å². The number of ether oxygens (including phenoxy) is 1. The highest BCUT2D eigenvalue weighted by Crippen LogP contribution is 2.18. The van der Waals surface area contributed by atoms with Crippen LogP contribution in [-0.2, 0) is 9.53 Å². The van der Waals surface area contributed by atoms with Crippen LogP contribution in [0.5, 0.6) is 0 Å². The Labute approximate surface area is 96.9 Å². The lowest BCUT2D eigenvalue weighted by atomic mass is 10.0. The summed E-state index contributed by atoms with van der Waals surface area (Å²) in [7, 11) is 0. The molecule has 0 unspecified atom stereocenters. The molecule has 0 aliphatic heterocycles. The Morgan fingerprint density at radius 1 is 1.25 bits per heavy atom. The van der Waals surface area contributed by atoms with E-state index in [-0.39, 0.29) is 5.97 Å². The summed E-state index contributed by atoms with van der Waals surface area (Å²) in [5.74, 6) is -0.264. The average molecular weight is 218 g/mol. The van der Waals surface area contributed by atoms with Crippen molar-refractivity contribution in [1.82, 2.24) is 0 Å². The van der Waals surface area contributed by atoms with Gasteiger partial charge in [0.25, 0.3) is 0 Å². The number of rotatable bonds is 4. The molecule has 0 bridgehead atoms. The van der Waals surface area contributed by atoms with Crippen molar-refractivity contribution in [3.05, 3.63) is 41.5 Å². The quantitative estimate of drug-likeness (QED) is 0.572. The molecule has 86 valence electrons. The van der Waals surface area contributed by atoms with Gasteiger partial charge in [-0.3, -0.25) is 0 Å². The second kappa shape index (κ2) is 6.11. The van der Waals surface area contributed by atoms with Gasteiger partial charge in [0.2, 0.25) is 0 Å². The lowest BCUT2D eigenvalue weighted by Crippen LogP contribution is -2.00. The second-order valence-corrected chi connectivity index (χ2v) is 3.64. The minimum atomic E-state index is -0.264. The van der Waals surface area contributed by atoms with Crippen LogP contribution in [0.4, 0.5) is 0 Å². The molecule has 0 N–H and O–H groups in total. The standard InChI is InChI=1S/C14H18O2/c1-4-12(10-14(15)16-5-2)13-8-6-11(3)7-9-13/h6-10H,4-5H2,1-3H3. The predicted octanol–water partition coefficient (Wildman–Crippen LogP) is 3.35. The summed E-state index contributed by atoms with van der Waals surface area (Å²) in [6, 6.07) is 8.15. The molecule has 0 spiro atoms. The molecular formula is C14H18O2. The van der Waals surface area contributed by atoms with Crippen LogP contribution in [0.1, 0.15) is 31.4 Å². The van der Waals surface area contributed by atoms with E-state index in [1.165, 1.54) is 5.56 Å². The number of carbonyl (C=O) groups excluding carboxylic acids is 1. The maximum Gasteiger partial charge on any atom is 0.331 e. The Morgan fingerprint density at radius 3 is 2.38 bits per heavy atom. The zero-order chi connectivity index (χ0) is 12.0. The van der Waals surface area contributed by atoms with E-state index in [4.69, 9.17) is 4.74 Å². The van der Waals surface area contributed by atoms with Gasteiger partial charge in [0, 0.05) is 6.08 Å². The van der Waals surface area contributed by atoms with Crippen LogP contribution in [0.25, 0.3) is 5.57 Å². The molecule has 0 amide bonds. The van der Waals surface area contributed by atoms with E-state index in [1.54, 1.807) is 6.08 Å². The van der Waals surface area contributed by atoms with Gasteiger partial charge in [-0.25, -0.2) is 4.79 Å². The van der Waals surface area contributed by atoms with E-state index in [0.29, 0.717) is 6.61 Å². The van der Waals surface area contributed by atoms with E-state index >= 15 is 0 Å². The van der Waals surface area contributed by atoms with Crippen molar-refractivity contribution in [3.63, 3.8) is 0 Å². The number of hydrogen-bond acceptors (Lipinski definition) is 2. The number of carbonyl (C=O) groups is 1. The molecule has 2 nitrogen and oxygen atoms in total. The molecule has 0 aromatic heterocycles. The molecule has 16 heavy (non-hydrogen) atoms. The topological polar surface area (TPSA) is 26.3 Å². The van der Waals surface area contributed by atoms with Gasteiger partial charge in [-0.15, -0.1) is 0 Å².